The molecule has 2 aromatic heterocycles. The first-order chi connectivity index (χ1) is 11.1. The number of rotatable bonds is 5. The zero-order chi connectivity index (χ0) is 16.2. The van der Waals surface area contributed by atoms with Gasteiger partial charge in [-0.3, -0.25) is 9.78 Å². The van der Waals surface area contributed by atoms with Crippen LogP contribution >= 0.6 is 11.3 Å². The summed E-state index contributed by atoms with van der Waals surface area (Å²) >= 11 is 1.47. The highest BCUT2D eigenvalue weighted by atomic mass is 32.1. The monoisotopic (exact) mass is 329 g/mol. The molecule has 0 radical (unpaired) electrons. The van der Waals surface area contributed by atoms with Crippen LogP contribution in [-0.4, -0.2) is 15.9 Å². The first-order valence-corrected chi connectivity index (χ1v) is 7.57. The topological polar surface area (TPSA) is 78.1 Å². The van der Waals surface area contributed by atoms with Gasteiger partial charge in [-0.15, -0.1) is 11.3 Å². The van der Waals surface area contributed by atoms with Crippen molar-refractivity contribution in [1.29, 1.82) is 0 Å². The number of hydrogen-bond donors (Lipinski definition) is 1. The van der Waals surface area contributed by atoms with Gasteiger partial charge >= 0.3 is 0 Å². The van der Waals surface area contributed by atoms with Crippen LogP contribution in [0, 0.1) is 5.82 Å². The molecule has 1 aromatic carbocycles. The van der Waals surface area contributed by atoms with Gasteiger partial charge in [-0.2, -0.15) is 0 Å². The summed E-state index contributed by atoms with van der Waals surface area (Å²) in [6.45, 7) is 0.330. The smallest absolute Gasteiger partial charge is 0.267 e. The third-order valence-corrected chi connectivity index (χ3v) is 3.88. The number of amides is 1. The molecular formula is C16H12FN3O2S. The number of halogens is 1. The van der Waals surface area contributed by atoms with E-state index in [1.165, 1.54) is 35.7 Å². The van der Waals surface area contributed by atoms with E-state index in [1.807, 2.05) is 0 Å². The number of nitrogens with two attached hydrogens (primary N) is 1. The van der Waals surface area contributed by atoms with Crippen molar-refractivity contribution in [3.63, 3.8) is 0 Å². The maximum Gasteiger partial charge on any atom is 0.267 e. The van der Waals surface area contributed by atoms with Gasteiger partial charge in [0, 0.05) is 11.8 Å². The molecule has 1 amide bonds. The van der Waals surface area contributed by atoms with Crippen LogP contribution in [0.5, 0.6) is 5.75 Å². The van der Waals surface area contributed by atoms with Crippen LogP contribution in [0.3, 0.4) is 0 Å². The highest BCUT2D eigenvalue weighted by Gasteiger charge is 2.12. The molecule has 2 heterocycles. The van der Waals surface area contributed by atoms with Crippen LogP contribution in [-0.2, 0) is 6.61 Å². The third-order valence-electron chi connectivity index (χ3n) is 3.13. The van der Waals surface area contributed by atoms with Gasteiger partial charge in [0.1, 0.15) is 23.9 Å². The zero-order valence-corrected chi connectivity index (χ0v) is 12.7. The number of primary amides is 1. The van der Waals surface area contributed by atoms with Crippen molar-refractivity contribution >= 4 is 17.2 Å². The first kappa shape index (κ1) is 15.1. The third kappa shape index (κ3) is 3.51. The molecule has 0 saturated carbocycles. The number of carbonyl (C=O) groups excluding carboxylic acids is 1. The van der Waals surface area contributed by atoms with E-state index in [0.717, 1.165) is 4.88 Å². The summed E-state index contributed by atoms with van der Waals surface area (Å²) in [6, 6.07) is 7.43. The fourth-order valence-corrected chi connectivity index (χ4v) is 2.52. The maximum atomic E-state index is 13.1. The lowest BCUT2D eigenvalue weighted by atomic mass is 10.0. The Kier molecular flexibility index (Phi) is 4.29. The predicted octanol–water partition coefficient (Wildman–Crippen LogP) is 3.02. The molecule has 0 fully saturated rings. The van der Waals surface area contributed by atoms with E-state index in [2.05, 4.69) is 9.97 Å². The molecule has 0 bridgehead atoms. The molecular weight excluding hydrogens is 317 g/mol. The Labute approximate surface area is 135 Å². The first-order valence-electron chi connectivity index (χ1n) is 6.69. The van der Waals surface area contributed by atoms with Crippen LogP contribution in [0.15, 0.2) is 48.2 Å². The molecule has 23 heavy (non-hydrogen) atoms. The fraction of sp³-hybridized carbons (Fsp3) is 0.0625. The number of carbonyl (C=O) groups is 1. The summed E-state index contributed by atoms with van der Waals surface area (Å²) in [4.78, 5) is 20.3. The van der Waals surface area contributed by atoms with E-state index in [1.54, 1.807) is 23.8 Å². The molecule has 0 spiro atoms. The van der Waals surface area contributed by atoms with Crippen LogP contribution in [0.1, 0.15) is 15.4 Å². The van der Waals surface area contributed by atoms with Gasteiger partial charge in [0.2, 0.25) is 0 Å². The van der Waals surface area contributed by atoms with Gasteiger partial charge in [-0.25, -0.2) is 9.37 Å². The zero-order valence-electron chi connectivity index (χ0n) is 11.9. The summed E-state index contributed by atoms with van der Waals surface area (Å²) in [5.74, 6) is -0.498. The molecule has 0 aliphatic heterocycles. The molecule has 5 nitrogen and oxygen atoms in total. The van der Waals surface area contributed by atoms with Gasteiger partial charge < -0.3 is 10.5 Å². The molecule has 3 rings (SSSR count). The van der Waals surface area contributed by atoms with Crippen LogP contribution in [0.2, 0.25) is 0 Å². The SMILES string of the molecule is NC(=O)c1cc(-c2ccc(F)cc2)c(OCc2cncs2)cn1. The number of nitrogens with zero attached hydrogens (tertiary/aromatic N) is 2. The standard InChI is InChI=1S/C16H12FN3O2S/c17-11-3-1-10(2-4-11)13-5-14(16(18)21)20-7-15(13)22-8-12-6-19-9-23-12/h1-7,9H,8H2,(H2,18,21). The summed E-state index contributed by atoms with van der Waals surface area (Å²) in [6.07, 6.45) is 3.16. The molecule has 0 saturated heterocycles. The summed E-state index contributed by atoms with van der Waals surface area (Å²) in [7, 11) is 0. The van der Waals surface area contributed by atoms with E-state index in [-0.39, 0.29) is 11.5 Å². The molecule has 7 heteroatoms. The number of ether oxygens (including phenoxy) is 1. The van der Waals surface area contributed by atoms with Crippen LogP contribution in [0.25, 0.3) is 11.1 Å². The number of benzene rings is 1. The average molecular weight is 329 g/mol. The van der Waals surface area contributed by atoms with Crippen molar-refractivity contribution in [3.8, 4) is 16.9 Å². The van der Waals surface area contributed by atoms with Gasteiger partial charge in [0.25, 0.3) is 5.91 Å². The minimum atomic E-state index is -0.637. The summed E-state index contributed by atoms with van der Waals surface area (Å²) in [5.41, 5.74) is 8.44. The Morgan fingerprint density at radius 3 is 2.70 bits per heavy atom. The average Bonchev–Trinajstić information content (AvgIpc) is 3.07. The predicted molar refractivity (Wildman–Crippen MR) is 84.6 cm³/mol. The Hall–Kier alpha value is -2.80. The number of thiazole rings is 1. The van der Waals surface area contributed by atoms with E-state index in [4.69, 9.17) is 10.5 Å². The molecule has 0 aliphatic rings. The number of aromatic nitrogens is 2. The van der Waals surface area contributed by atoms with Crippen LogP contribution < -0.4 is 10.5 Å². The second kappa shape index (κ2) is 6.53. The highest BCUT2D eigenvalue weighted by Crippen LogP contribution is 2.31. The second-order valence-electron chi connectivity index (χ2n) is 4.69. The fourth-order valence-electron chi connectivity index (χ4n) is 2.01. The lowest BCUT2D eigenvalue weighted by Gasteiger charge is -2.11. The Balaban J connectivity index is 1.96. The van der Waals surface area contributed by atoms with Crippen LogP contribution in [0.4, 0.5) is 4.39 Å². The normalized spacial score (nSPS) is 10.5. The van der Waals surface area contributed by atoms with Crippen molar-refractivity contribution in [2.24, 2.45) is 5.73 Å². The summed E-state index contributed by atoms with van der Waals surface area (Å²) < 4.78 is 18.9. The maximum absolute atomic E-state index is 13.1. The number of hydrogen-bond acceptors (Lipinski definition) is 5. The lowest BCUT2D eigenvalue weighted by Crippen LogP contribution is -2.13. The molecule has 0 unspecified atom stereocenters. The van der Waals surface area contributed by atoms with Crippen molar-refractivity contribution in [1.82, 2.24) is 9.97 Å². The quantitative estimate of drug-likeness (QED) is 0.780. The lowest BCUT2D eigenvalue weighted by molar-refractivity contribution is 0.0995. The second-order valence-corrected chi connectivity index (χ2v) is 5.66. The summed E-state index contributed by atoms with van der Waals surface area (Å²) in [5, 5.41) is 0. The van der Waals surface area contributed by atoms with E-state index < -0.39 is 5.91 Å². The minimum absolute atomic E-state index is 0.120. The Morgan fingerprint density at radius 1 is 1.26 bits per heavy atom. The van der Waals surface area contributed by atoms with E-state index in [9.17, 15) is 9.18 Å². The molecule has 3 aromatic rings. The molecule has 116 valence electrons. The highest BCUT2D eigenvalue weighted by molar-refractivity contribution is 7.09. The van der Waals surface area contributed by atoms with Crippen molar-refractivity contribution in [2.75, 3.05) is 0 Å². The van der Waals surface area contributed by atoms with E-state index >= 15 is 0 Å². The van der Waals surface area contributed by atoms with E-state index in [0.29, 0.717) is 23.5 Å². The van der Waals surface area contributed by atoms with Gasteiger partial charge in [-0.05, 0) is 23.8 Å². The molecule has 2 N–H and O–H groups in total. The molecule has 0 atom stereocenters. The minimum Gasteiger partial charge on any atom is -0.486 e. The number of pyridine rings is 1. The molecule has 0 aliphatic carbocycles. The van der Waals surface area contributed by atoms with Crippen molar-refractivity contribution < 1.29 is 13.9 Å². The van der Waals surface area contributed by atoms with Crippen molar-refractivity contribution in [3.05, 3.63) is 64.6 Å². The van der Waals surface area contributed by atoms with Crippen molar-refractivity contribution in [2.45, 2.75) is 6.61 Å². The Morgan fingerprint density at radius 2 is 2.04 bits per heavy atom. The van der Waals surface area contributed by atoms with Gasteiger partial charge in [-0.1, -0.05) is 12.1 Å². The van der Waals surface area contributed by atoms with Gasteiger partial charge in [0.05, 0.1) is 16.6 Å². The largest absolute Gasteiger partial charge is 0.486 e. The van der Waals surface area contributed by atoms with Gasteiger partial charge in [0.15, 0.2) is 0 Å². The Bertz CT molecular complexity index is 820.